The lowest BCUT2D eigenvalue weighted by Gasteiger charge is -2.25. The van der Waals surface area contributed by atoms with Crippen LogP contribution in [0.5, 0.6) is 0 Å². The first-order chi connectivity index (χ1) is 15.8. The van der Waals surface area contributed by atoms with Crippen LogP contribution in [0, 0.1) is 0 Å². The normalized spacial score (nSPS) is 13.8. The smallest absolute Gasteiger partial charge is 0.232 e. The number of hydrogen-bond donors (Lipinski definition) is 2. The summed E-state index contributed by atoms with van der Waals surface area (Å²) in [6.07, 6.45) is 6.42. The summed E-state index contributed by atoms with van der Waals surface area (Å²) in [5, 5.41) is 11.8. The van der Waals surface area contributed by atoms with Gasteiger partial charge in [0.15, 0.2) is 0 Å². The van der Waals surface area contributed by atoms with Gasteiger partial charge >= 0.3 is 0 Å². The van der Waals surface area contributed by atoms with E-state index in [0.29, 0.717) is 27.6 Å². The molecule has 2 N–H and O–H groups in total. The second-order valence-corrected chi connectivity index (χ2v) is 10.7. The van der Waals surface area contributed by atoms with Gasteiger partial charge in [-0.2, -0.15) is 10.1 Å². The molecule has 0 saturated heterocycles. The van der Waals surface area contributed by atoms with Gasteiger partial charge in [-0.25, -0.2) is 13.4 Å². The summed E-state index contributed by atoms with van der Waals surface area (Å²) in [5.74, 6) is 0.924. The van der Waals surface area contributed by atoms with Crippen molar-refractivity contribution in [3.63, 3.8) is 0 Å². The Morgan fingerprint density at radius 3 is 2.67 bits per heavy atom. The maximum Gasteiger partial charge on any atom is 0.232 e. The number of aromatic nitrogens is 4. The third-order valence-electron chi connectivity index (χ3n) is 5.38. The molecule has 0 bridgehead atoms. The lowest BCUT2D eigenvalue weighted by molar-refractivity contribution is 0.596. The fourth-order valence-corrected chi connectivity index (χ4v) is 5.28. The summed E-state index contributed by atoms with van der Waals surface area (Å²) in [7, 11) is -1.52. The molecule has 0 radical (unpaired) electrons. The van der Waals surface area contributed by atoms with Gasteiger partial charge in [-0.05, 0) is 59.1 Å². The zero-order valence-corrected chi connectivity index (χ0v) is 20.4. The van der Waals surface area contributed by atoms with E-state index in [1.807, 2.05) is 49.6 Å². The van der Waals surface area contributed by atoms with Crippen LogP contribution in [0.15, 0.2) is 59.3 Å². The maximum atomic E-state index is 12.5. The van der Waals surface area contributed by atoms with E-state index < -0.39 is 10.0 Å². The van der Waals surface area contributed by atoms with E-state index >= 15 is 0 Å². The molecule has 2 heterocycles. The number of para-hydroxylation sites is 2. The number of rotatable bonds is 7. The zero-order valence-electron chi connectivity index (χ0n) is 18.0. The van der Waals surface area contributed by atoms with Crippen LogP contribution in [0.4, 0.5) is 28.8 Å². The lowest BCUT2D eigenvalue weighted by Crippen LogP contribution is -2.32. The minimum Gasteiger partial charge on any atom is -0.337 e. The van der Waals surface area contributed by atoms with Gasteiger partial charge in [-0.15, -0.1) is 0 Å². The van der Waals surface area contributed by atoms with Gasteiger partial charge in [0.25, 0.3) is 0 Å². The van der Waals surface area contributed by atoms with E-state index in [-0.39, 0.29) is 6.04 Å². The molecule has 11 heteroatoms. The Labute approximate surface area is 200 Å². The average Bonchev–Trinajstić information content (AvgIpc) is 3.53. The van der Waals surface area contributed by atoms with Crippen molar-refractivity contribution in [1.29, 1.82) is 0 Å². The largest absolute Gasteiger partial charge is 0.337 e. The number of nitrogens with one attached hydrogen (secondary N) is 2. The van der Waals surface area contributed by atoms with E-state index in [0.717, 1.165) is 29.4 Å². The SMILES string of the molecule is Cn1ncc2ccc(Nc3ncc(Br)c(Nc4ccccc4N(C4CC4)S(C)(=O)=O)n3)cc21. The minimum absolute atomic E-state index is 0.00376. The van der Waals surface area contributed by atoms with Crippen LogP contribution in [0.25, 0.3) is 10.9 Å². The molecule has 0 amide bonds. The molecule has 0 unspecified atom stereocenters. The monoisotopic (exact) mass is 527 g/mol. The molecule has 1 fully saturated rings. The standard InChI is InChI=1S/C22H22BrN7O2S/c1-29-20-11-15(8-7-14(20)12-25-29)26-22-24-13-17(23)21(28-22)27-18-5-3-4-6-19(18)30(16-9-10-16)33(2,31)32/h3-8,11-13,16H,9-10H2,1-2H3,(H2,24,26,27,28). The van der Waals surface area contributed by atoms with Crippen molar-refractivity contribution >= 4 is 65.7 Å². The summed E-state index contributed by atoms with van der Waals surface area (Å²) < 4.78 is 28.9. The van der Waals surface area contributed by atoms with Crippen LogP contribution < -0.4 is 14.9 Å². The number of sulfonamides is 1. The second kappa shape index (κ2) is 8.31. The highest BCUT2D eigenvalue weighted by Crippen LogP contribution is 2.39. The molecule has 2 aromatic carbocycles. The number of halogens is 1. The molecule has 1 saturated carbocycles. The van der Waals surface area contributed by atoms with E-state index in [2.05, 4.69) is 41.6 Å². The Morgan fingerprint density at radius 1 is 1.12 bits per heavy atom. The van der Waals surface area contributed by atoms with Crippen molar-refractivity contribution in [3.05, 3.63) is 59.3 Å². The van der Waals surface area contributed by atoms with Crippen LogP contribution in [0.3, 0.4) is 0 Å². The number of nitrogens with zero attached hydrogens (tertiary/aromatic N) is 5. The summed E-state index contributed by atoms with van der Waals surface area (Å²) in [5.41, 5.74) is 3.07. The molecule has 0 atom stereocenters. The molecule has 0 aliphatic heterocycles. The zero-order chi connectivity index (χ0) is 23.2. The number of hydrogen-bond acceptors (Lipinski definition) is 7. The number of benzene rings is 2. The highest BCUT2D eigenvalue weighted by molar-refractivity contribution is 9.10. The Kier molecular flexibility index (Phi) is 5.45. The fraction of sp³-hybridized carbons (Fsp3) is 0.227. The van der Waals surface area contributed by atoms with Gasteiger partial charge < -0.3 is 10.6 Å². The Morgan fingerprint density at radius 2 is 1.91 bits per heavy atom. The fourth-order valence-electron chi connectivity index (χ4n) is 3.72. The van der Waals surface area contributed by atoms with Crippen molar-refractivity contribution in [3.8, 4) is 0 Å². The molecule has 33 heavy (non-hydrogen) atoms. The predicted octanol–water partition coefficient (Wildman–Crippen LogP) is 4.54. The quantitative estimate of drug-likeness (QED) is 0.363. The van der Waals surface area contributed by atoms with Crippen molar-refractivity contribution in [1.82, 2.24) is 19.7 Å². The first-order valence-corrected chi connectivity index (χ1v) is 13.0. The first-order valence-electron chi connectivity index (χ1n) is 10.4. The van der Waals surface area contributed by atoms with Gasteiger partial charge in [0.1, 0.15) is 5.82 Å². The van der Waals surface area contributed by atoms with Crippen molar-refractivity contribution < 1.29 is 8.42 Å². The molecule has 5 rings (SSSR count). The van der Waals surface area contributed by atoms with Gasteiger partial charge in [-0.1, -0.05) is 12.1 Å². The van der Waals surface area contributed by atoms with E-state index in [1.54, 1.807) is 16.9 Å². The first kappa shape index (κ1) is 21.7. The molecule has 0 spiro atoms. The molecular weight excluding hydrogens is 506 g/mol. The average molecular weight is 528 g/mol. The van der Waals surface area contributed by atoms with Gasteiger partial charge in [0.2, 0.25) is 16.0 Å². The van der Waals surface area contributed by atoms with Crippen LogP contribution >= 0.6 is 15.9 Å². The van der Waals surface area contributed by atoms with E-state index in [9.17, 15) is 8.42 Å². The Bertz CT molecular complexity index is 1450. The molecule has 1 aliphatic carbocycles. The summed E-state index contributed by atoms with van der Waals surface area (Å²) >= 11 is 3.49. The van der Waals surface area contributed by atoms with Gasteiger partial charge in [0.05, 0.1) is 33.8 Å². The number of aryl methyl sites for hydroxylation is 1. The topological polar surface area (TPSA) is 105 Å². The van der Waals surface area contributed by atoms with Crippen LogP contribution in [-0.4, -0.2) is 40.5 Å². The third kappa shape index (κ3) is 4.51. The summed E-state index contributed by atoms with van der Waals surface area (Å²) in [4.78, 5) is 8.97. The van der Waals surface area contributed by atoms with Crippen molar-refractivity contribution in [2.24, 2.45) is 7.05 Å². The molecule has 1 aliphatic rings. The van der Waals surface area contributed by atoms with Gasteiger partial charge in [-0.3, -0.25) is 8.99 Å². The van der Waals surface area contributed by atoms with Crippen molar-refractivity contribution in [2.75, 3.05) is 21.2 Å². The molecule has 2 aromatic heterocycles. The summed E-state index contributed by atoms with van der Waals surface area (Å²) in [6, 6.07) is 13.2. The number of fused-ring (bicyclic) bond motifs is 1. The molecular formula is C22H22BrN7O2S. The molecule has 170 valence electrons. The Hall–Kier alpha value is -3.18. The minimum atomic E-state index is -3.42. The van der Waals surface area contributed by atoms with Crippen molar-refractivity contribution in [2.45, 2.75) is 18.9 Å². The van der Waals surface area contributed by atoms with Crippen LogP contribution in [0.2, 0.25) is 0 Å². The molecule has 9 nitrogen and oxygen atoms in total. The van der Waals surface area contributed by atoms with Crippen LogP contribution in [0.1, 0.15) is 12.8 Å². The third-order valence-corrected chi connectivity index (χ3v) is 7.17. The highest BCUT2D eigenvalue weighted by atomic mass is 79.9. The Balaban J connectivity index is 1.45. The summed E-state index contributed by atoms with van der Waals surface area (Å²) in [6.45, 7) is 0. The second-order valence-electron chi connectivity index (χ2n) is 7.99. The van der Waals surface area contributed by atoms with E-state index in [1.165, 1.54) is 10.6 Å². The predicted molar refractivity (Wildman–Crippen MR) is 134 cm³/mol. The lowest BCUT2D eigenvalue weighted by atomic mass is 10.2. The molecule has 4 aromatic rings. The van der Waals surface area contributed by atoms with Gasteiger partial charge in [0, 0.05) is 30.4 Å². The van der Waals surface area contributed by atoms with E-state index in [4.69, 9.17) is 0 Å². The maximum absolute atomic E-state index is 12.5. The number of anilines is 5. The van der Waals surface area contributed by atoms with Crippen LogP contribution in [-0.2, 0) is 17.1 Å². The highest BCUT2D eigenvalue weighted by Gasteiger charge is 2.36.